The van der Waals surface area contributed by atoms with Crippen molar-refractivity contribution in [2.75, 3.05) is 13.1 Å². The van der Waals surface area contributed by atoms with Crippen LogP contribution in [-0.4, -0.2) is 19.0 Å². The maximum absolute atomic E-state index is 13.0. The van der Waals surface area contributed by atoms with Gasteiger partial charge < -0.3 is 15.1 Å². The Labute approximate surface area is 159 Å². The fraction of sp³-hybridized carbons (Fsp3) is 0.227. The molecule has 0 aliphatic carbocycles. The summed E-state index contributed by atoms with van der Waals surface area (Å²) in [6, 6.07) is 20.6. The van der Waals surface area contributed by atoms with E-state index in [-0.39, 0.29) is 5.82 Å². The molecule has 1 aromatic heterocycles. The fourth-order valence-corrected chi connectivity index (χ4v) is 2.66. The van der Waals surface area contributed by atoms with Crippen molar-refractivity contribution in [2.24, 2.45) is 4.99 Å². The molecule has 3 aromatic rings. The van der Waals surface area contributed by atoms with Crippen LogP contribution in [0.5, 0.6) is 0 Å². The van der Waals surface area contributed by atoms with Crippen LogP contribution in [0.25, 0.3) is 0 Å². The molecule has 5 heteroatoms. The maximum atomic E-state index is 13.0. The Bertz CT molecular complexity index is 815. The van der Waals surface area contributed by atoms with Gasteiger partial charge >= 0.3 is 0 Å². The van der Waals surface area contributed by atoms with Gasteiger partial charge in [-0.05, 0) is 41.8 Å². The first-order chi connectivity index (χ1) is 13.3. The molecule has 0 amide bonds. The zero-order valence-corrected chi connectivity index (χ0v) is 15.2. The van der Waals surface area contributed by atoms with E-state index in [9.17, 15) is 4.39 Å². The van der Waals surface area contributed by atoms with Crippen LogP contribution in [0.4, 0.5) is 4.39 Å². The van der Waals surface area contributed by atoms with Gasteiger partial charge in [0.15, 0.2) is 5.96 Å². The number of nitrogens with zero attached hydrogens (tertiary/aromatic N) is 1. The molecule has 1 heterocycles. The Morgan fingerprint density at radius 3 is 2.26 bits per heavy atom. The molecule has 2 N–H and O–H groups in total. The largest absolute Gasteiger partial charge is 0.469 e. The fourth-order valence-electron chi connectivity index (χ4n) is 2.66. The highest BCUT2D eigenvalue weighted by Crippen LogP contribution is 2.03. The Kier molecular flexibility index (Phi) is 7.04. The summed E-state index contributed by atoms with van der Waals surface area (Å²) in [5.41, 5.74) is 2.24. The average molecular weight is 365 g/mol. The van der Waals surface area contributed by atoms with E-state index in [1.807, 2.05) is 42.5 Å². The van der Waals surface area contributed by atoms with Crippen LogP contribution >= 0.6 is 0 Å². The first-order valence-corrected chi connectivity index (χ1v) is 9.12. The van der Waals surface area contributed by atoms with Gasteiger partial charge in [-0.2, -0.15) is 0 Å². The lowest BCUT2D eigenvalue weighted by Crippen LogP contribution is -2.39. The summed E-state index contributed by atoms with van der Waals surface area (Å²) in [6.45, 7) is 2.05. The molecular formula is C22H24FN3O. The highest BCUT2D eigenvalue weighted by atomic mass is 19.1. The van der Waals surface area contributed by atoms with Crippen molar-refractivity contribution in [3.63, 3.8) is 0 Å². The minimum Gasteiger partial charge on any atom is -0.469 e. The summed E-state index contributed by atoms with van der Waals surface area (Å²) in [6.07, 6.45) is 3.27. The second-order valence-electron chi connectivity index (χ2n) is 6.21. The van der Waals surface area contributed by atoms with Gasteiger partial charge in [0, 0.05) is 19.5 Å². The third kappa shape index (κ3) is 6.62. The highest BCUT2D eigenvalue weighted by Gasteiger charge is 2.02. The molecule has 2 aromatic carbocycles. The number of aliphatic imine (C=N–C) groups is 1. The molecule has 0 atom stereocenters. The standard InChI is InChI=1S/C22H24FN3O/c23-20-10-8-18(9-11-20)12-14-24-22(25-15-13-21-7-4-16-27-21)26-17-19-5-2-1-3-6-19/h1-11,16H,12-15,17H2,(H2,24,25,26). The molecule has 0 aliphatic heterocycles. The average Bonchev–Trinajstić information content (AvgIpc) is 3.21. The van der Waals surface area contributed by atoms with Gasteiger partial charge in [-0.25, -0.2) is 9.38 Å². The van der Waals surface area contributed by atoms with E-state index >= 15 is 0 Å². The monoisotopic (exact) mass is 365 g/mol. The Morgan fingerprint density at radius 2 is 1.56 bits per heavy atom. The van der Waals surface area contributed by atoms with Crippen molar-refractivity contribution in [1.29, 1.82) is 0 Å². The molecule has 0 fully saturated rings. The van der Waals surface area contributed by atoms with E-state index in [2.05, 4.69) is 27.8 Å². The van der Waals surface area contributed by atoms with Gasteiger partial charge in [0.05, 0.1) is 12.8 Å². The number of hydrogen-bond acceptors (Lipinski definition) is 2. The summed E-state index contributed by atoms with van der Waals surface area (Å²) < 4.78 is 18.4. The van der Waals surface area contributed by atoms with Gasteiger partial charge in [0.25, 0.3) is 0 Å². The second kappa shape index (κ2) is 10.2. The maximum Gasteiger partial charge on any atom is 0.191 e. The minimum absolute atomic E-state index is 0.212. The summed E-state index contributed by atoms with van der Waals surface area (Å²) in [5.74, 6) is 1.49. The van der Waals surface area contributed by atoms with Gasteiger partial charge in [-0.3, -0.25) is 0 Å². The smallest absolute Gasteiger partial charge is 0.191 e. The predicted octanol–water partition coefficient (Wildman–Crippen LogP) is 3.94. The highest BCUT2D eigenvalue weighted by molar-refractivity contribution is 5.79. The van der Waals surface area contributed by atoms with E-state index in [0.717, 1.165) is 42.2 Å². The SMILES string of the molecule is Fc1ccc(CCNC(=NCc2ccccc2)NCCc2ccco2)cc1. The predicted molar refractivity (Wildman–Crippen MR) is 106 cm³/mol. The lowest BCUT2D eigenvalue weighted by atomic mass is 10.1. The van der Waals surface area contributed by atoms with Crippen LogP contribution in [0.1, 0.15) is 16.9 Å². The minimum atomic E-state index is -0.212. The molecule has 0 radical (unpaired) electrons. The Morgan fingerprint density at radius 1 is 0.815 bits per heavy atom. The van der Waals surface area contributed by atoms with Crippen LogP contribution in [-0.2, 0) is 19.4 Å². The molecule has 4 nitrogen and oxygen atoms in total. The zero-order valence-electron chi connectivity index (χ0n) is 15.2. The van der Waals surface area contributed by atoms with Crippen LogP contribution < -0.4 is 10.6 Å². The molecule has 140 valence electrons. The quantitative estimate of drug-likeness (QED) is 0.470. The van der Waals surface area contributed by atoms with Crippen molar-refractivity contribution < 1.29 is 8.81 Å². The first kappa shape index (κ1) is 18.7. The van der Waals surface area contributed by atoms with E-state index in [0.29, 0.717) is 13.1 Å². The molecule has 0 saturated carbocycles. The van der Waals surface area contributed by atoms with Crippen molar-refractivity contribution in [1.82, 2.24) is 10.6 Å². The zero-order chi connectivity index (χ0) is 18.7. The third-order valence-corrected chi connectivity index (χ3v) is 4.13. The summed E-state index contributed by atoms with van der Waals surface area (Å²) in [4.78, 5) is 4.66. The first-order valence-electron chi connectivity index (χ1n) is 9.12. The Hall–Kier alpha value is -3.08. The Balaban J connectivity index is 1.53. The normalized spacial score (nSPS) is 11.4. The van der Waals surface area contributed by atoms with Crippen molar-refractivity contribution in [2.45, 2.75) is 19.4 Å². The molecule has 27 heavy (non-hydrogen) atoms. The molecule has 0 spiro atoms. The lowest BCUT2D eigenvalue weighted by Gasteiger charge is -2.12. The molecule has 0 bridgehead atoms. The van der Waals surface area contributed by atoms with Crippen molar-refractivity contribution in [3.05, 3.63) is 95.7 Å². The van der Waals surface area contributed by atoms with E-state index < -0.39 is 0 Å². The van der Waals surface area contributed by atoms with Crippen molar-refractivity contribution in [3.8, 4) is 0 Å². The van der Waals surface area contributed by atoms with Gasteiger partial charge in [0.1, 0.15) is 11.6 Å². The summed E-state index contributed by atoms with van der Waals surface area (Å²) in [7, 11) is 0. The van der Waals surface area contributed by atoms with Crippen LogP contribution in [0, 0.1) is 5.82 Å². The lowest BCUT2D eigenvalue weighted by molar-refractivity contribution is 0.506. The van der Waals surface area contributed by atoms with Crippen molar-refractivity contribution >= 4 is 5.96 Å². The second-order valence-corrected chi connectivity index (χ2v) is 6.21. The van der Waals surface area contributed by atoms with Gasteiger partial charge in [-0.1, -0.05) is 42.5 Å². The van der Waals surface area contributed by atoms with E-state index in [4.69, 9.17) is 4.42 Å². The molecule has 0 unspecified atom stereocenters. The number of hydrogen-bond donors (Lipinski definition) is 2. The number of nitrogens with one attached hydrogen (secondary N) is 2. The number of furan rings is 1. The van der Waals surface area contributed by atoms with Gasteiger partial charge in [0.2, 0.25) is 0 Å². The summed E-state index contributed by atoms with van der Waals surface area (Å²) in [5, 5.41) is 6.69. The number of benzene rings is 2. The molecule has 0 saturated heterocycles. The molecule has 3 rings (SSSR count). The van der Waals surface area contributed by atoms with E-state index in [1.165, 1.54) is 12.1 Å². The number of halogens is 1. The molecular weight excluding hydrogens is 341 g/mol. The summed E-state index contributed by atoms with van der Waals surface area (Å²) >= 11 is 0. The third-order valence-electron chi connectivity index (χ3n) is 4.13. The topological polar surface area (TPSA) is 49.6 Å². The van der Waals surface area contributed by atoms with Crippen LogP contribution in [0.15, 0.2) is 82.4 Å². The number of rotatable bonds is 8. The number of guanidine groups is 1. The van der Waals surface area contributed by atoms with E-state index in [1.54, 1.807) is 6.26 Å². The van der Waals surface area contributed by atoms with Gasteiger partial charge in [-0.15, -0.1) is 0 Å². The van der Waals surface area contributed by atoms with Crippen LogP contribution in [0.3, 0.4) is 0 Å². The van der Waals surface area contributed by atoms with Crippen LogP contribution in [0.2, 0.25) is 0 Å². The molecule has 0 aliphatic rings.